The van der Waals surface area contributed by atoms with Gasteiger partial charge >= 0.3 is 22.4 Å². The van der Waals surface area contributed by atoms with Gasteiger partial charge in [0.2, 0.25) is 0 Å². The molecule has 0 aromatic heterocycles. The van der Waals surface area contributed by atoms with Gasteiger partial charge in [-0.2, -0.15) is 8.78 Å². The van der Waals surface area contributed by atoms with Crippen LogP contribution in [0.25, 0.3) is 0 Å². The Morgan fingerprint density at radius 3 is 2.18 bits per heavy atom. The quantitative estimate of drug-likeness (QED) is 0.535. The zero-order valence-corrected chi connectivity index (χ0v) is 7.22. The van der Waals surface area contributed by atoms with Gasteiger partial charge in [-0.1, -0.05) is 13.0 Å². The van der Waals surface area contributed by atoms with Gasteiger partial charge in [-0.05, 0) is 0 Å². The molecule has 0 rings (SSSR count). The molecule has 0 aromatic rings. The average molecular weight is 257 g/mol. The summed E-state index contributed by atoms with van der Waals surface area (Å²) in [5.74, 6) is -7.56. The molecule has 0 saturated carbocycles. The molecule has 0 radical (unpaired) electrons. The van der Waals surface area contributed by atoms with E-state index in [4.69, 9.17) is 0 Å². The summed E-state index contributed by atoms with van der Waals surface area (Å²) in [6.07, 6.45) is 0.871. The Bertz CT molecular complexity index is 159. The van der Waals surface area contributed by atoms with Crippen LogP contribution in [0.5, 0.6) is 0 Å². The van der Waals surface area contributed by atoms with E-state index in [1.165, 1.54) is 0 Å². The number of rotatable bonds is 3. The van der Waals surface area contributed by atoms with Crippen molar-refractivity contribution < 1.29 is 41.1 Å². The van der Waals surface area contributed by atoms with Crippen LogP contribution in [0, 0.1) is 5.92 Å². The second-order valence-electron chi connectivity index (χ2n) is 1.93. The molecule has 0 N–H and O–H groups in total. The summed E-state index contributed by atoms with van der Waals surface area (Å²) in [6, 6.07) is 0. The van der Waals surface area contributed by atoms with Gasteiger partial charge in [-0.25, -0.2) is 0 Å². The number of halogens is 2. The molecule has 0 spiro atoms. The molecule has 11 heavy (non-hydrogen) atoms. The Hall–Kier alpha value is -0.190. The van der Waals surface area contributed by atoms with Crippen LogP contribution in [0.4, 0.5) is 8.78 Å². The minimum Gasteiger partial charge on any atom is -0.544 e. The molecule has 68 valence electrons. The molecule has 0 aliphatic rings. The van der Waals surface area contributed by atoms with Crippen molar-refractivity contribution in [2.24, 2.45) is 5.92 Å². The van der Waals surface area contributed by atoms with E-state index in [0.717, 1.165) is 13.0 Å². The van der Waals surface area contributed by atoms with Gasteiger partial charge in [0.15, 0.2) is 0 Å². The number of carbonyl (C=O) groups excluding carboxylic acids is 1. The number of aliphatic carboxylic acids is 1. The van der Waals surface area contributed by atoms with Crippen molar-refractivity contribution in [3.8, 4) is 0 Å². The summed E-state index contributed by atoms with van der Waals surface area (Å²) in [7, 11) is 0. The van der Waals surface area contributed by atoms with E-state index >= 15 is 0 Å². The van der Waals surface area contributed by atoms with Crippen LogP contribution < -0.4 is 5.11 Å². The number of carboxylic acids is 1. The monoisotopic (exact) mass is 256 g/mol. The van der Waals surface area contributed by atoms with E-state index in [9.17, 15) is 18.7 Å². The van der Waals surface area contributed by atoms with E-state index in [-0.39, 0.29) is 22.4 Å². The van der Waals surface area contributed by atoms with Gasteiger partial charge < -0.3 is 9.90 Å². The van der Waals surface area contributed by atoms with Crippen LogP contribution in [-0.2, 0) is 27.2 Å². The fraction of sp³-hybridized carbons (Fsp3) is 0.500. The third-order valence-corrected chi connectivity index (χ3v) is 1.20. The maximum absolute atomic E-state index is 12.2. The Kier molecular flexibility index (Phi) is 5.65. The minimum absolute atomic E-state index is 0. The van der Waals surface area contributed by atoms with Gasteiger partial charge in [0.05, 0.1) is 0 Å². The molecule has 2 nitrogen and oxygen atoms in total. The molecule has 1 unspecified atom stereocenters. The van der Waals surface area contributed by atoms with Crippen LogP contribution in [-0.4, -0.2) is 11.9 Å². The molecular formula is C6H7AgF2O2. The smallest absolute Gasteiger partial charge is 0.544 e. The van der Waals surface area contributed by atoms with E-state index in [0.29, 0.717) is 0 Å². The third-order valence-electron chi connectivity index (χ3n) is 1.20. The topological polar surface area (TPSA) is 40.1 Å². The first-order chi connectivity index (χ1) is 4.42. The molecule has 1 atom stereocenters. The van der Waals surface area contributed by atoms with Gasteiger partial charge in [-0.3, -0.25) is 0 Å². The zero-order chi connectivity index (χ0) is 8.36. The summed E-state index contributed by atoms with van der Waals surface area (Å²) in [4.78, 5) is 9.71. The predicted octanol–water partition coefficient (Wildman–Crippen LogP) is 0.191. The van der Waals surface area contributed by atoms with Crippen molar-refractivity contribution in [1.82, 2.24) is 0 Å². The first-order valence-corrected chi connectivity index (χ1v) is 2.64. The molecule has 0 aliphatic heterocycles. The molecule has 5 heteroatoms. The second-order valence-corrected chi connectivity index (χ2v) is 1.93. The van der Waals surface area contributed by atoms with Gasteiger partial charge in [0.1, 0.15) is 5.97 Å². The van der Waals surface area contributed by atoms with Crippen LogP contribution in [0.2, 0.25) is 0 Å². The summed E-state index contributed by atoms with van der Waals surface area (Å²) in [6.45, 7) is 4.10. The molecular weight excluding hydrogens is 250 g/mol. The van der Waals surface area contributed by atoms with Gasteiger partial charge in [-0.15, -0.1) is 6.58 Å². The second kappa shape index (κ2) is 4.64. The van der Waals surface area contributed by atoms with Crippen molar-refractivity contribution in [2.75, 3.05) is 0 Å². The fourth-order valence-corrected chi connectivity index (χ4v) is 0.334. The van der Waals surface area contributed by atoms with Gasteiger partial charge in [0.25, 0.3) is 5.92 Å². The number of carbonyl (C=O) groups is 1. The predicted molar refractivity (Wildman–Crippen MR) is 29.3 cm³/mol. The Balaban J connectivity index is 0. The van der Waals surface area contributed by atoms with Crippen LogP contribution >= 0.6 is 0 Å². The maximum atomic E-state index is 12.2. The molecule has 0 amide bonds. The van der Waals surface area contributed by atoms with Crippen molar-refractivity contribution >= 4 is 5.97 Å². The average Bonchev–Trinajstić information content (AvgIpc) is 1.86. The number of alkyl halides is 2. The summed E-state index contributed by atoms with van der Waals surface area (Å²) in [5, 5.41) is 9.71. The Labute approximate surface area is 78.8 Å². The summed E-state index contributed by atoms with van der Waals surface area (Å²) >= 11 is 0. The molecule has 0 saturated heterocycles. The molecule has 0 heterocycles. The molecule has 0 aliphatic carbocycles. The Morgan fingerprint density at radius 2 is 2.09 bits per heavy atom. The third kappa shape index (κ3) is 3.14. The first-order valence-electron chi connectivity index (χ1n) is 2.64. The Morgan fingerprint density at radius 1 is 1.73 bits per heavy atom. The largest absolute Gasteiger partial charge is 1.00 e. The molecule has 0 bridgehead atoms. The van der Waals surface area contributed by atoms with Crippen LogP contribution in [0.15, 0.2) is 12.7 Å². The normalized spacial score (nSPS) is 13.0. The van der Waals surface area contributed by atoms with Crippen molar-refractivity contribution in [3.63, 3.8) is 0 Å². The standard InChI is InChI=1S/C6H8F2O2.Ag/c1-3-4(2)6(7,8)5(9)10;/h3-4H,1H2,2H3,(H,9,10);/q;+1/p-1. The number of hydrogen-bond acceptors (Lipinski definition) is 2. The summed E-state index contributed by atoms with van der Waals surface area (Å²) < 4.78 is 24.4. The van der Waals surface area contributed by atoms with Crippen LogP contribution in [0.3, 0.4) is 0 Å². The SMILES string of the molecule is C=CC(C)C(F)(F)C(=O)[O-].[Ag+]. The van der Waals surface area contributed by atoms with Crippen molar-refractivity contribution in [1.29, 1.82) is 0 Å². The van der Waals surface area contributed by atoms with Crippen LogP contribution in [0.1, 0.15) is 6.92 Å². The first kappa shape index (κ1) is 13.4. The number of carboxylic acid groups (broad SMARTS) is 1. The van der Waals surface area contributed by atoms with Crippen molar-refractivity contribution in [3.05, 3.63) is 12.7 Å². The van der Waals surface area contributed by atoms with Crippen molar-refractivity contribution in [2.45, 2.75) is 12.8 Å². The summed E-state index contributed by atoms with van der Waals surface area (Å²) in [5.41, 5.74) is 0. The zero-order valence-electron chi connectivity index (χ0n) is 5.74. The van der Waals surface area contributed by atoms with E-state index in [1.807, 2.05) is 0 Å². The van der Waals surface area contributed by atoms with Gasteiger partial charge in [0, 0.05) is 5.92 Å². The fourth-order valence-electron chi connectivity index (χ4n) is 0.334. The maximum Gasteiger partial charge on any atom is 1.00 e. The minimum atomic E-state index is -3.80. The number of allylic oxidation sites excluding steroid dienone is 1. The molecule has 0 fully saturated rings. The molecule has 0 aromatic carbocycles. The number of hydrogen-bond donors (Lipinski definition) is 0. The van der Waals surface area contributed by atoms with E-state index < -0.39 is 17.8 Å². The van der Waals surface area contributed by atoms with E-state index in [1.54, 1.807) is 0 Å². The van der Waals surface area contributed by atoms with E-state index in [2.05, 4.69) is 6.58 Å².